The number of hydrogen-bond donors (Lipinski definition) is 0. The molecule has 0 aliphatic carbocycles. The maximum Gasteiger partial charge on any atom is 0.254 e. The molecule has 0 bridgehead atoms. The third-order valence-electron chi connectivity index (χ3n) is 7.38. The number of fused-ring (bicyclic) bond motifs is 1. The number of nitrogens with zero attached hydrogens (tertiary/aromatic N) is 3. The second-order valence-corrected chi connectivity index (χ2v) is 9.30. The molecule has 7 nitrogen and oxygen atoms in total. The average Bonchev–Trinajstić information content (AvgIpc) is 2.94. The van der Waals surface area contributed by atoms with E-state index in [0.717, 1.165) is 5.56 Å². The van der Waals surface area contributed by atoms with Crippen LogP contribution in [0.5, 0.6) is 11.5 Å². The van der Waals surface area contributed by atoms with Crippen LogP contribution in [0, 0.1) is 5.82 Å². The van der Waals surface area contributed by atoms with E-state index < -0.39 is 12.0 Å². The second kappa shape index (κ2) is 10.1. The topological polar surface area (TPSA) is 62.3 Å². The summed E-state index contributed by atoms with van der Waals surface area (Å²) in [5, 5.41) is 0. The minimum atomic E-state index is -0.600. The molecule has 8 heteroatoms. The molecule has 0 N–H and O–H groups in total. The summed E-state index contributed by atoms with van der Waals surface area (Å²) >= 11 is 0. The number of ether oxygens (including phenoxy) is 2. The highest BCUT2D eigenvalue weighted by atomic mass is 19.1. The summed E-state index contributed by atoms with van der Waals surface area (Å²) in [7, 11) is 4.86. The fourth-order valence-electron chi connectivity index (χ4n) is 5.47. The summed E-state index contributed by atoms with van der Waals surface area (Å²) in [4.78, 5) is 33.0. The quantitative estimate of drug-likeness (QED) is 0.525. The minimum Gasteiger partial charge on any atom is -0.493 e. The molecule has 3 aromatic carbocycles. The van der Waals surface area contributed by atoms with Crippen molar-refractivity contribution in [3.63, 3.8) is 0 Å². The lowest BCUT2D eigenvalue weighted by molar-refractivity contribution is -0.134. The van der Waals surface area contributed by atoms with Gasteiger partial charge in [-0.3, -0.25) is 9.59 Å². The molecule has 1 fully saturated rings. The van der Waals surface area contributed by atoms with E-state index in [0.29, 0.717) is 54.5 Å². The zero-order chi connectivity index (χ0) is 26.1. The van der Waals surface area contributed by atoms with E-state index in [9.17, 15) is 14.0 Å². The number of halogens is 1. The Morgan fingerprint density at radius 3 is 2.27 bits per heavy atom. The van der Waals surface area contributed by atoms with E-state index in [2.05, 4.69) is 0 Å². The maximum atomic E-state index is 14.3. The third kappa shape index (κ3) is 4.37. The van der Waals surface area contributed by atoms with Crippen molar-refractivity contribution in [2.45, 2.75) is 12.0 Å². The Morgan fingerprint density at radius 2 is 1.57 bits per heavy atom. The number of para-hydroxylation sites is 1. The molecule has 2 aliphatic heterocycles. The molecule has 0 saturated carbocycles. The Bertz CT molecular complexity index is 1320. The molecule has 37 heavy (non-hydrogen) atoms. The molecule has 5 rings (SSSR count). The van der Waals surface area contributed by atoms with Crippen LogP contribution in [0.25, 0.3) is 0 Å². The molecule has 2 aliphatic rings. The van der Waals surface area contributed by atoms with Gasteiger partial charge >= 0.3 is 0 Å². The van der Waals surface area contributed by atoms with Gasteiger partial charge in [-0.15, -0.1) is 0 Å². The first kappa shape index (κ1) is 24.6. The second-order valence-electron chi connectivity index (χ2n) is 9.30. The zero-order valence-electron chi connectivity index (χ0n) is 21.2. The number of amides is 2. The van der Waals surface area contributed by atoms with E-state index in [-0.39, 0.29) is 17.6 Å². The third-order valence-corrected chi connectivity index (χ3v) is 7.38. The van der Waals surface area contributed by atoms with Crippen molar-refractivity contribution in [2.24, 2.45) is 0 Å². The van der Waals surface area contributed by atoms with Gasteiger partial charge in [0.05, 0.1) is 31.9 Å². The number of rotatable bonds is 5. The zero-order valence-corrected chi connectivity index (χ0v) is 21.2. The molecular formula is C29H30FN3O4. The number of anilines is 1. The summed E-state index contributed by atoms with van der Waals surface area (Å²) in [5.41, 5.74) is 2.58. The van der Waals surface area contributed by atoms with Gasteiger partial charge in [-0.1, -0.05) is 36.4 Å². The molecule has 1 saturated heterocycles. The largest absolute Gasteiger partial charge is 0.493 e. The number of methoxy groups -OCH3 is 2. The molecule has 0 aromatic heterocycles. The van der Waals surface area contributed by atoms with Crippen molar-refractivity contribution >= 4 is 17.5 Å². The highest BCUT2D eigenvalue weighted by Gasteiger charge is 2.44. The van der Waals surface area contributed by atoms with Crippen LogP contribution in [0.15, 0.2) is 66.7 Å². The molecule has 2 amide bonds. The van der Waals surface area contributed by atoms with Gasteiger partial charge in [-0.25, -0.2) is 4.39 Å². The number of piperazine rings is 1. The van der Waals surface area contributed by atoms with Crippen molar-refractivity contribution in [3.05, 3.63) is 89.2 Å². The highest BCUT2D eigenvalue weighted by molar-refractivity contribution is 6.01. The van der Waals surface area contributed by atoms with Gasteiger partial charge in [0, 0.05) is 38.8 Å². The molecule has 192 valence electrons. The lowest BCUT2D eigenvalue weighted by Crippen LogP contribution is -2.53. The number of benzene rings is 3. The molecule has 2 heterocycles. The van der Waals surface area contributed by atoms with Crippen molar-refractivity contribution in [2.75, 3.05) is 52.3 Å². The first-order valence-corrected chi connectivity index (χ1v) is 12.3. The Morgan fingerprint density at radius 1 is 0.892 bits per heavy atom. The molecule has 0 spiro atoms. The summed E-state index contributed by atoms with van der Waals surface area (Å²) in [6.07, 6.45) is 0. The molecule has 0 unspecified atom stereocenters. The van der Waals surface area contributed by atoms with Crippen molar-refractivity contribution < 1.29 is 23.5 Å². The van der Waals surface area contributed by atoms with Crippen LogP contribution in [0.3, 0.4) is 0 Å². The maximum absolute atomic E-state index is 14.3. The van der Waals surface area contributed by atoms with Gasteiger partial charge in [-0.05, 0) is 41.5 Å². The smallest absolute Gasteiger partial charge is 0.254 e. The molecule has 2 atom stereocenters. The van der Waals surface area contributed by atoms with E-state index in [4.69, 9.17) is 9.47 Å². The summed E-state index contributed by atoms with van der Waals surface area (Å²) in [6, 6.07) is 19.0. The Balaban J connectivity index is 1.49. The monoisotopic (exact) mass is 503 g/mol. The normalized spacial score (nSPS) is 19.5. The Labute approximate surface area is 216 Å². The average molecular weight is 504 g/mol. The van der Waals surface area contributed by atoms with E-state index in [1.54, 1.807) is 50.4 Å². The van der Waals surface area contributed by atoms with Crippen LogP contribution in [0.4, 0.5) is 10.1 Å². The Hall–Kier alpha value is -4.07. The summed E-state index contributed by atoms with van der Waals surface area (Å²) in [5.74, 6) is 0.0470. The lowest BCUT2D eigenvalue weighted by Gasteiger charge is -2.43. The summed E-state index contributed by atoms with van der Waals surface area (Å²) in [6.45, 7) is 1.97. The fourth-order valence-corrected chi connectivity index (χ4v) is 5.47. The van der Waals surface area contributed by atoms with Crippen LogP contribution in [0.1, 0.15) is 33.4 Å². The van der Waals surface area contributed by atoms with Crippen molar-refractivity contribution in [3.8, 4) is 11.5 Å². The van der Waals surface area contributed by atoms with Crippen molar-refractivity contribution in [1.82, 2.24) is 9.80 Å². The van der Waals surface area contributed by atoms with Crippen LogP contribution in [-0.4, -0.2) is 69.1 Å². The highest BCUT2D eigenvalue weighted by Crippen LogP contribution is 2.44. The molecular weight excluding hydrogens is 473 g/mol. The molecule has 0 radical (unpaired) electrons. The number of carbonyl (C=O) groups is 2. The number of likely N-dealkylation sites (N-methyl/N-ethyl adjacent to an activating group) is 1. The molecule has 3 aromatic rings. The van der Waals surface area contributed by atoms with E-state index in [1.807, 2.05) is 46.2 Å². The van der Waals surface area contributed by atoms with E-state index >= 15 is 0 Å². The van der Waals surface area contributed by atoms with Crippen LogP contribution < -0.4 is 14.4 Å². The minimum absolute atomic E-state index is 0.0558. The van der Waals surface area contributed by atoms with Gasteiger partial charge in [0.2, 0.25) is 5.91 Å². The van der Waals surface area contributed by atoms with Crippen molar-refractivity contribution in [1.29, 1.82) is 0 Å². The SMILES string of the molecule is COc1ccc([C@H]2[C@H](C(=O)N3CCN(c4ccccc4F)CC3)c3ccccc3C(=O)N2C)cc1OC. The van der Waals surface area contributed by atoms with Gasteiger partial charge in [0.25, 0.3) is 5.91 Å². The first-order chi connectivity index (χ1) is 17.9. The van der Waals surface area contributed by atoms with Gasteiger partial charge in [0.1, 0.15) is 5.82 Å². The van der Waals surface area contributed by atoms with Gasteiger partial charge in [-0.2, -0.15) is 0 Å². The van der Waals surface area contributed by atoms with E-state index in [1.165, 1.54) is 6.07 Å². The summed E-state index contributed by atoms with van der Waals surface area (Å²) < 4.78 is 25.3. The number of carbonyl (C=O) groups excluding carboxylic acids is 2. The fraction of sp³-hybridized carbons (Fsp3) is 0.310. The van der Waals surface area contributed by atoms with Crippen LogP contribution in [0.2, 0.25) is 0 Å². The predicted molar refractivity (Wildman–Crippen MR) is 139 cm³/mol. The Kier molecular flexibility index (Phi) is 6.74. The predicted octanol–water partition coefficient (Wildman–Crippen LogP) is 4.10. The number of hydrogen-bond acceptors (Lipinski definition) is 5. The van der Waals surface area contributed by atoms with Crippen LogP contribution in [-0.2, 0) is 4.79 Å². The van der Waals surface area contributed by atoms with Crippen LogP contribution >= 0.6 is 0 Å². The standard InChI is InChI=1S/C29H30FN3O4/c1-31-27(19-12-13-24(36-2)25(18-19)37-3)26(20-8-4-5-9-21(20)28(31)34)29(35)33-16-14-32(15-17-33)23-11-7-6-10-22(23)30/h4-13,18,26-27H,14-17H2,1-3H3/t26-,27+/m1/s1. The van der Waals surface area contributed by atoms with Gasteiger partial charge < -0.3 is 24.2 Å². The lowest BCUT2D eigenvalue weighted by atomic mass is 9.79. The van der Waals surface area contributed by atoms with Gasteiger partial charge in [0.15, 0.2) is 11.5 Å². The first-order valence-electron chi connectivity index (χ1n) is 12.3.